The highest BCUT2D eigenvalue weighted by atomic mass is 35.5. The van der Waals surface area contributed by atoms with Crippen molar-refractivity contribution < 1.29 is 0 Å². The molecule has 0 fully saturated rings. The third-order valence-corrected chi connectivity index (χ3v) is 2.28. The van der Waals surface area contributed by atoms with Gasteiger partial charge in [0.2, 0.25) is 0 Å². The molecule has 0 aliphatic rings. The van der Waals surface area contributed by atoms with Gasteiger partial charge < -0.3 is 5.32 Å². The highest BCUT2D eigenvalue weighted by Crippen LogP contribution is 2.05. The van der Waals surface area contributed by atoms with Crippen molar-refractivity contribution in [3.63, 3.8) is 0 Å². The number of hydrogen-bond donors (Lipinski definition) is 1. The Kier molecular flexibility index (Phi) is 3.80. The Morgan fingerprint density at radius 2 is 1.75 bits per heavy atom. The van der Waals surface area contributed by atoms with Gasteiger partial charge in [0, 0.05) is 37.2 Å². The van der Waals surface area contributed by atoms with Crippen LogP contribution in [0.5, 0.6) is 0 Å². The average Bonchev–Trinajstić information content (AvgIpc) is 2.33. The molecule has 0 unspecified atom stereocenters. The zero-order valence-corrected chi connectivity index (χ0v) is 9.35. The Labute approximate surface area is 98.7 Å². The lowest BCUT2D eigenvalue weighted by Gasteiger charge is -2.03. The Bertz CT molecular complexity index is 429. The summed E-state index contributed by atoms with van der Waals surface area (Å²) in [5, 5.41) is 3.79. The van der Waals surface area contributed by atoms with Crippen molar-refractivity contribution in [3.05, 3.63) is 53.3 Å². The smallest absolute Gasteiger partial charge is 0.129 e. The summed E-state index contributed by atoms with van der Waals surface area (Å²) in [6, 6.07) is 3.73. The first-order valence-corrected chi connectivity index (χ1v) is 5.27. The molecule has 2 heterocycles. The molecule has 0 saturated heterocycles. The van der Waals surface area contributed by atoms with E-state index in [9.17, 15) is 0 Å². The van der Waals surface area contributed by atoms with Gasteiger partial charge in [0.05, 0.1) is 0 Å². The van der Waals surface area contributed by atoms with E-state index in [0.717, 1.165) is 24.2 Å². The van der Waals surface area contributed by atoms with Crippen molar-refractivity contribution in [2.24, 2.45) is 0 Å². The van der Waals surface area contributed by atoms with E-state index in [4.69, 9.17) is 11.6 Å². The largest absolute Gasteiger partial charge is 0.308 e. The highest BCUT2D eigenvalue weighted by molar-refractivity contribution is 6.29. The van der Waals surface area contributed by atoms with Gasteiger partial charge in [-0.1, -0.05) is 17.7 Å². The van der Waals surface area contributed by atoms with Crippen LogP contribution in [0.1, 0.15) is 11.1 Å². The summed E-state index contributed by atoms with van der Waals surface area (Å²) in [5.41, 5.74) is 2.16. The van der Waals surface area contributed by atoms with Crippen LogP contribution in [0.2, 0.25) is 5.15 Å². The molecule has 2 aromatic rings. The second kappa shape index (κ2) is 5.53. The first kappa shape index (κ1) is 11.0. The number of pyridine rings is 1. The van der Waals surface area contributed by atoms with Crippen LogP contribution in [-0.4, -0.2) is 15.0 Å². The molecule has 0 spiro atoms. The molecule has 5 heteroatoms. The molecular formula is C11H11ClN4. The molecule has 1 N–H and O–H groups in total. The van der Waals surface area contributed by atoms with Crippen LogP contribution in [0, 0.1) is 0 Å². The van der Waals surface area contributed by atoms with E-state index in [2.05, 4.69) is 20.3 Å². The van der Waals surface area contributed by atoms with Gasteiger partial charge in [-0.05, 0) is 11.6 Å². The van der Waals surface area contributed by atoms with Crippen LogP contribution in [0.4, 0.5) is 0 Å². The van der Waals surface area contributed by atoms with Crippen molar-refractivity contribution in [1.82, 2.24) is 20.3 Å². The SMILES string of the molecule is Clc1ccc(CNCc2cncnc2)cn1. The number of rotatable bonds is 4. The molecule has 82 valence electrons. The normalized spacial score (nSPS) is 10.3. The van der Waals surface area contributed by atoms with Crippen molar-refractivity contribution >= 4 is 11.6 Å². The van der Waals surface area contributed by atoms with E-state index in [1.54, 1.807) is 24.7 Å². The first-order chi connectivity index (χ1) is 7.84. The maximum Gasteiger partial charge on any atom is 0.129 e. The van der Waals surface area contributed by atoms with E-state index in [1.807, 2.05) is 6.07 Å². The standard InChI is InChI=1S/C11H11ClN4/c12-11-2-1-9(7-16-11)3-13-4-10-5-14-8-15-6-10/h1-2,5-8,13H,3-4H2. The molecule has 0 aromatic carbocycles. The van der Waals surface area contributed by atoms with Crippen molar-refractivity contribution in [1.29, 1.82) is 0 Å². The van der Waals surface area contributed by atoms with E-state index in [1.165, 1.54) is 6.33 Å². The average molecular weight is 235 g/mol. The Hall–Kier alpha value is -1.52. The first-order valence-electron chi connectivity index (χ1n) is 4.89. The Morgan fingerprint density at radius 1 is 1.00 bits per heavy atom. The van der Waals surface area contributed by atoms with Gasteiger partial charge in [-0.3, -0.25) is 0 Å². The number of hydrogen-bond acceptors (Lipinski definition) is 4. The number of nitrogens with one attached hydrogen (secondary N) is 1. The summed E-state index contributed by atoms with van der Waals surface area (Å²) in [7, 11) is 0. The molecule has 2 aromatic heterocycles. The molecule has 0 saturated carbocycles. The molecule has 0 bridgehead atoms. The lowest BCUT2D eigenvalue weighted by molar-refractivity contribution is 0.687. The molecule has 0 amide bonds. The van der Waals surface area contributed by atoms with Crippen LogP contribution < -0.4 is 5.32 Å². The van der Waals surface area contributed by atoms with E-state index in [-0.39, 0.29) is 0 Å². The Balaban J connectivity index is 1.82. The molecule has 0 atom stereocenters. The van der Waals surface area contributed by atoms with Crippen LogP contribution >= 0.6 is 11.6 Å². The third-order valence-electron chi connectivity index (χ3n) is 2.06. The lowest BCUT2D eigenvalue weighted by atomic mass is 10.3. The Morgan fingerprint density at radius 3 is 2.44 bits per heavy atom. The van der Waals surface area contributed by atoms with Gasteiger partial charge in [-0.15, -0.1) is 0 Å². The van der Waals surface area contributed by atoms with Gasteiger partial charge in [-0.2, -0.15) is 0 Å². The van der Waals surface area contributed by atoms with E-state index in [0.29, 0.717) is 5.15 Å². The van der Waals surface area contributed by atoms with Crippen LogP contribution in [0.15, 0.2) is 37.1 Å². The molecule has 0 radical (unpaired) electrons. The lowest BCUT2D eigenvalue weighted by Crippen LogP contribution is -2.13. The molecule has 16 heavy (non-hydrogen) atoms. The molecule has 4 nitrogen and oxygen atoms in total. The summed E-state index contributed by atoms with van der Waals surface area (Å²) in [6.45, 7) is 1.49. The van der Waals surface area contributed by atoms with Gasteiger partial charge >= 0.3 is 0 Å². The van der Waals surface area contributed by atoms with Crippen LogP contribution in [-0.2, 0) is 13.1 Å². The quantitative estimate of drug-likeness (QED) is 0.820. The van der Waals surface area contributed by atoms with Crippen LogP contribution in [0.25, 0.3) is 0 Å². The minimum Gasteiger partial charge on any atom is -0.308 e. The molecule has 2 rings (SSSR count). The fourth-order valence-corrected chi connectivity index (χ4v) is 1.40. The molecular weight excluding hydrogens is 224 g/mol. The van der Waals surface area contributed by atoms with Gasteiger partial charge in [0.15, 0.2) is 0 Å². The maximum atomic E-state index is 5.69. The second-order valence-electron chi connectivity index (χ2n) is 3.34. The second-order valence-corrected chi connectivity index (χ2v) is 3.73. The maximum absolute atomic E-state index is 5.69. The fourth-order valence-electron chi connectivity index (χ4n) is 1.28. The van der Waals surface area contributed by atoms with Crippen molar-refractivity contribution in [2.75, 3.05) is 0 Å². The topological polar surface area (TPSA) is 50.7 Å². The molecule has 0 aliphatic carbocycles. The predicted molar refractivity (Wildman–Crippen MR) is 61.8 cm³/mol. The minimum atomic E-state index is 0.514. The number of aromatic nitrogens is 3. The summed E-state index contributed by atoms with van der Waals surface area (Å²) in [6.07, 6.45) is 6.86. The van der Waals surface area contributed by atoms with Crippen molar-refractivity contribution in [2.45, 2.75) is 13.1 Å². The third kappa shape index (κ3) is 3.25. The molecule has 0 aliphatic heterocycles. The van der Waals surface area contributed by atoms with Crippen molar-refractivity contribution in [3.8, 4) is 0 Å². The monoisotopic (exact) mass is 234 g/mol. The number of halogens is 1. The zero-order chi connectivity index (χ0) is 11.2. The predicted octanol–water partition coefficient (Wildman–Crippen LogP) is 1.81. The zero-order valence-electron chi connectivity index (χ0n) is 8.60. The summed E-state index contributed by atoms with van der Waals surface area (Å²) in [5.74, 6) is 0. The number of nitrogens with zero attached hydrogens (tertiary/aromatic N) is 3. The van der Waals surface area contributed by atoms with E-state index < -0.39 is 0 Å². The van der Waals surface area contributed by atoms with Crippen LogP contribution in [0.3, 0.4) is 0 Å². The fraction of sp³-hybridized carbons (Fsp3) is 0.182. The highest BCUT2D eigenvalue weighted by Gasteiger charge is 1.95. The minimum absolute atomic E-state index is 0.514. The van der Waals surface area contributed by atoms with E-state index >= 15 is 0 Å². The summed E-state index contributed by atoms with van der Waals surface area (Å²) in [4.78, 5) is 11.9. The summed E-state index contributed by atoms with van der Waals surface area (Å²) < 4.78 is 0. The van der Waals surface area contributed by atoms with Gasteiger partial charge in [0.1, 0.15) is 11.5 Å². The summed E-state index contributed by atoms with van der Waals surface area (Å²) >= 11 is 5.69. The van der Waals surface area contributed by atoms with Gasteiger partial charge in [-0.25, -0.2) is 15.0 Å². The van der Waals surface area contributed by atoms with Gasteiger partial charge in [0.25, 0.3) is 0 Å².